The summed E-state index contributed by atoms with van der Waals surface area (Å²) >= 11 is 0. The van der Waals surface area contributed by atoms with Gasteiger partial charge in [-0.2, -0.15) is 0 Å². The fourth-order valence-electron chi connectivity index (χ4n) is 3.45. The summed E-state index contributed by atoms with van der Waals surface area (Å²) in [4.78, 5) is 13.0. The highest BCUT2D eigenvalue weighted by Crippen LogP contribution is 2.20. The molecule has 0 spiro atoms. The molecule has 0 amide bonds. The van der Waals surface area contributed by atoms with Crippen molar-refractivity contribution in [2.45, 2.75) is 18.7 Å². The van der Waals surface area contributed by atoms with E-state index in [0.717, 1.165) is 16.8 Å². The topological polar surface area (TPSA) is 105 Å². The summed E-state index contributed by atoms with van der Waals surface area (Å²) in [5.41, 5.74) is 3.74. The lowest BCUT2D eigenvalue weighted by molar-refractivity contribution is 0.415. The van der Waals surface area contributed by atoms with Crippen LogP contribution >= 0.6 is 0 Å². The molecule has 0 unspecified atom stereocenters. The fraction of sp³-hybridized carbons (Fsp3) is 0.115. The maximum Gasteiger partial charge on any atom is 0.280 e. The summed E-state index contributed by atoms with van der Waals surface area (Å²) in [5.74, 6) is 0.633. The van der Waals surface area contributed by atoms with Crippen molar-refractivity contribution in [3.8, 4) is 11.4 Å². The Morgan fingerprint density at radius 3 is 2.23 bits per heavy atom. The molecule has 0 saturated carbocycles. The third-order valence-electron chi connectivity index (χ3n) is 5.64. The Balaban J connectivity index is 1.53. The molecule has 0 fully saturated rings. The van der Waals surface area contributed by atoms with Gasteiger partial charge < -0.3 is 10.1 Å². The van der Waals surface area contributed by atoms with Crippen LogP contribution in [0.2, 0.25) is 0 Å². The lowest BCUT2D eigenvalue weighted by Gasteiger charge is -2.09. The molecule has 180 valence electrons. The van der Waals surface area contributed by atoms with E-state index in [-0.39, 0.29) is 10.5 Å². The zero-order valence-electron chi connectivity index (χ0n) is 19.6. The first-order chi connectivity index (χ1) is 16.7. The van der Waals surface area contributed by atoms with E-state index in [9.17, 15) is 13.2 Å². The number of anilines is 2. The Labute approximate surface area is 203 Å². The van der Waals surface area contributed by atoms with Gasteiger partial charge in [-0.3, -0.25) is 14.6 Å². The predicted octanol–water partition coefficient (Wildman–Crippen LogP) is 2.85. The minimum absolute atomic E-state index is 0.107. The Hall–Kier alpha value is -4.24. The number of aromatic amines is 1. The van der Waals surface area contributed by atoms with Gasteiger partial charge in [-0.15, -0.1) is 0 Å². The predicted molar refractivity (Wildman–Crippen MR) is 139 cm³/mol. The summed E-state index contributed by atoms with van der Waals surface area (Å²) in [6.45, 7) is 7.93. The lowest BCUT2D eigenvalue weighted by atomic mass is 10.1. The highest BCUT2D eigenvalue weighted by atomic mass is 32.2. The molecular weight excluding hydrogens is 464 g/mol. The van der Waals surface area contributed by atoms with Crippen molar-refractivity contribution in [2.75, 3.05) is 17.1 Å². The van der Waals surface area contributed by atoms with Gasteiger partial charge >= 0.3 is 0 Å². The molecule has 4 rings (SSSR count). The van der Waals surface area contributed by atoms with E-state index in [2.05, 4.69) is 21.7 Å². The molecule has 8 nitrogen and oxygen atoms in total. The molecular formula is C26H26N4O4S. The van der Waals surface area contributed by atoms with Crippen LogP contribution in [0, 0.1) is 13.8 Å². The van der Waals surface area contributed by atoms with Crippen LogP contribution in [0.3, 0.4) is 0 Å². The second kappa shape index (κ2) is 9.55. The number of H-pyrrole nitrogens is 1. The Morgan fingerprint density at radius 2 is 1.60 bits per heavy atom. The number of hydrogen-bond acceptors (Lipinski definition) is 5. The van der Waals surface area contributed by atoms with E-state index in [1.807, 2.05) is 32.0 Å². The Bertz CT molecular complexity index is 1640. The number of rotatable bonds is 7. The van der Waals surface area contributed by atoms with Gasteiger partial charge in [-0.05, 0) is 85.6 Å². The van der Waals surface area contributed by atoms with Crippen molar-refractivity contribution in [2.24, 2.45) is 0 Å². The molecule has 0 bridgehead atoms. The normalized spacial score (nSPS) is 11.9. The maximum absolute atomic E-state index is 12.9. The monoisotopic (exact) mass is 490 g/mol. The van der Waals surface area contributed by atoms with Crippen LogP contribution in [0.15, 0.2) is 76.4 Å². The maximum atomic E-state index is 12.9. The zero-order chi connectivity index (χ0) is 25.2. The quantitative estimate of drug-likeness (QED) is 0.370. The molecule has 0 aliphatic rings. The molecule has 0 aliphatic carbocycles. The first-order valence-corrected chi connectivity index (χ1v) is 12.3. The van der Waals surface area contributed by atoms with Crippen molar-refractivity contribution in [3.05, 3.63) is 98.8 Å². The SMILES string of the molecule is C=c1[nH]n(-c2ccc(C)c(C)c2)c(=O)c1=CNc1ccc(S(=O)(=O)Nc2ccc(OC)cc2)cc1. The molecule has 3 aromatic carbocycles. The van der Waals surface area contributed by atoms with Crippen LogP contribution in [0.4, 0.5) is 11.4 Å². The largest absolute Gasteiger partial charge is 0.497 e. The van der Waals surface area contributed by atoms with E-state index in [1.165, 1.54) is 16.8 Å². The number of nitrogens with one attached hydrogen (secondary N) is 3. The molecule has 4 aromatic rings. The van der Waals surface area contributed by atoms with Gasteiger partial charge in [-0.1, -0.05) is 12.6 Å². The molecule has 3 N–H and O–H groups in total. The molecule has 0 saturated heterocycles. The van der Waals surface area contributed by atoms with Gasteiger partial charge in [0, 0.05) is 17.6 Å². The third kappa shape index (κ3) is 5.15. The molecule has 0 aliphatic heterocycles. The number of methoxy groups -OCH3 is 1. The fourth-order valence-corrected chi connectivity index (χ4v) is 4.51. The van der Waals surface area contributed by atoms with Gasteiger partial charge in [-0.25, -0.2) is 13.1 Å². The van der Waals surface area contributed by atoms with Crippen LogP contribution in [0.1, 0.15) is 11.1 Å². The summed E-state index contributed by atoms with van der Waals surface area (Å²) < 4.78 is 34.5. The standard InChI is InChI=1S/C26H26N4O4S/c1-17-5-10-22(15-18(17)2)30-26(31)25(19(3)28-30)16-27-20-8-13-24(14-9-20)35(32,33)29-21-6-11-23(34-4)12-7-21/h5-16,27-29H,3H2,1-2,4H3. The Kier molecular flexibility index (Phi) is 6.52. The first kappa shape index (κ1) is 23.9. The molecule has 35 heavy (non-hydrogen) atoms. The summed E-state index contributed by atoms with van der Waals surface area (Å²) in [5, 5.41) is 6.88. The van der Waals surface area contributed by atoms with Crippen LogP contribution in [0.25, 0.3) is 18.5 Å². The third-order valence-corrected chi connectivity index (χ3v) is 7.04. The average Bonchev–Trinajstić information content (AvgIpc) is 3.13. The van der Waals surface area contributed by atoms with Crippen molar-refractivity contribution in [1.29, 1.82) is 0 Å². The number of ether oxygens (including phenoxy) is 1. The molecule has 1 heterocycles. The minimum Gasteiger partial charge on any atom is -0.497 e. The number of aromatic nitrogens is 2. The number of aryl methyl sites for hydroxylation is 2. The van der Waals surface area contributed by atoms with Gasteiger partial charge in [0.2, 0.25) is 0 Å². The molecule has 9 heteroatoms. The van der Waals surface area contributed by atoms with Crippen LogP contribution in [-0.4, -0.2) is 25.3 Å². The van der Waals surface area contributed by atoms with Crippen molar-refractivity contribution in [3.63, 3.8) is 0 Å². The molecule has 1 aromatic heterocycles. The first-order valence-electron chi connectivity index (χ1n) is 10.8. The van der Waals surface area contributed by atoms with Gasteiger partial charge in [0.25, 0.3) is 15.6 Å². The smallest absolute Gasteiger partial charge is 0.280 e. The lowest BCUT2D eigenvalue weighted by Crippen LogP contribution is -2.34. The van der Waals surface area contributed by atoms with E-state index in [0.29, 0.717) is 27.7 Å². The van der Waals surface area contributed by atoms with Crippen molar-refractivity contribution < 1.29 is 13.2 Å². The average molecular weight is 491 g/mol. The van der Waals surface area contributed by atoms with Gasteiger partial charge in [0.15, 0.2) is 0 Å². The Morgan fingerprint density at radius 1 is 0.943 bits per heavy atom. The number of nitrogens with zero attached hydrogens (tertiary/aromatic N) is 1. The van der Waals surface area contributed by atoms with Gasteiger partial charge in [0.1, 0.15) is 5.75 Å². The van der Waals surface area contributed by atoms with Gasteiger partial charge in [0.05, 0.1) is 28.3 Å². The number of sulfonamides is 1. The second-order valence-electron chi connectivity index (χ2n) is 8.06. The van der Waals surface area contributed by atoms with E-state index < -0.39 is 10.0 Å². The highest BCUT2D eigenvalue weighted by Gasteiger charge is 2.14. The van der Waals surface area contributed by atoms with E-state index in [1.54, 1.807) is 49.7 Å². The highest BCUT2D eigenvalue weighted by molar-refractivity contribution is 7.92. The van der Waals surface area contributed by atoms with E-state index >= 15 is 0 Å². The zero-order valence-corrected chi connectivity index (χ0v) is 20.4. The van der Waals surface area contributed by atoms with Crippen LogP contribution < -0.4 is 30.9 Å². The number of benzene rings is 3. The molecule has 0 radical (unpaired) electrons. The van der Waals surface area contributed by atoms with E-state index in [4.69, 9.17) is 4.74 Å². The summed E-state index contributed by atoms with van der Waals surface area (Å²) in [7, 11) is -2.22. The van der Waals surface area contributed by atoms with Crippen molar-refractivity contribution >= 4 is 34.2 Å². The summed E-state index contributed by atoms with van der Waals surface area (Å²) in [6, 6.07) is 18.6. The second-order valence-corrected chi connectivity index (χ2v) is 9.74. The minimum atomic E-state index is -3.76. The number of hydrogen-bond donors (Lipinski definition) is 3. The summed E-state index contributed by atoms with van der Waals surface area (Å²) in [6.07, 6.45) is 1.55. The van der Waals surface area contributed by atoms with Crippen LogP contribution in [-0.2, 0) is 10.0 Å². The van der Waals surface area contributed by atoms with Crippen molar-refractivity contribution in [1.82, 2.24) is 9.78 Å². The molecule has 0 atom stereocenters. The van der Waals surface area contributed by atoms with Crippen LogP contribution in [0.5, 0.6) is 5.75 Å².